The second-order valence-corrected chi connectivity index (χ2v) is 20.6. The Hall–Kier alpha value is -4.69. The number of hydrogen-bond donors (Lipinski definition) is 2. The Morgan fingerprint density at radius 3 is 1.23 bits per heavy atom. The van der Waals surface area contributed by atoms with Crippen molar-refractivity contribution in [2.24, 2.45) is 0 Å². The van der Waals surface area contributed by atoms with E-state index in [1.165, 1.54) is 31.9 Å². The van der Waals surface area contributed by atoms with Crippen molar-refractivity contribution >= 4 is 37.1 Å². The molecule has 2 N–H and O–H groups in total. The van der Waals surface area contributed by atoms with Gasteiger partial charge in [0.2, 0.25) is 0 Å². The number of benzene rings is 6. The molecule has 48 heavy (non-hydrogen) atoms. The number of phenols is 2. The Kier molecular flexibility index (Phi) is 10.4. The smallest absolute Gasteiger partial charge is 0.255 e. The Morgan fingerprint density at radius 1 is 0.458 bits per heavy atom. The van der Waals surface area contributed by atoms with E-state index in [1.54, 1.807) is 0 Å². The molecule has 0 atom stereocenters. The second kappa shape index (κ2) is 15.0. The lowest BCUT2D eigenvalue weighted by atomic mass is 10.1. The quantitative estimate of drug-likeness (QED) is 0.130. The highest BCUT2D eigenvalue weighted by molar-refractivity contribution is 7.04. The van der Waals surface area contributed by atoms with Crippen LogP contribution in [0.1, 0.15) is 22.3 Å². The molecule has 0 amide bonds. The van der Waals surface area contributed by atoms with E-state index in [1.807, 2.05) is 32.0 Å². The first-order valence-corrected chi connectivity index (χ1v) is 21.4. The number of phenolic OH excluding ortho intramolecular Hbond substituents is 2. The standard InChI is InChI=1S/C43H44O3Si2/c1-34-31-36(23-25-42(34)44)27-29-47(38-15-7-3-8-16-38,39-17-9-4-10-18-39)33-46-48(40-19-11-5-12-20-40,41-21-13-6-14-22-41)30-28-37-24-26-43(45)35(2)32-37/h3-26,31-32,44-45H,27-30,33H2,1-2H3. The molecule has 0 fully saturated rings. The molecule has 0 unspecified atom stereocenters. The van der Waals surface area contributed by atoms with E-state index in [-0.39, 0.29) is 0 Å². The minimum absolute atomic E-state index is 0.329. The molecule has 3 nitrogen and oxygen atoms in total. The van der Waals surface area contributed by atoms with E-state index in [4.69, 9.17) is 4.43 Å². The van der Waals surface area contributed by atoms with Crippen LogP contribution in [0.2, 0.25) is 12.1 Å². The molecule has 0 heterocycles. The van der Waals surface area contributed by atoms with E-state index in [9.17, 15) is 10.2 Å². The van der Waals surface area contributed by atoms with Gasteiger partial charge in [-0.1, -0.05) is 156 Å². The van der Waals surface area contributed by atoms with Crippen LogP contribution in [0.3, 0.4) is 0 Å². The molecule has 242 valence electrons. The molecule has 6 aromatic carbocycles. The molecule has 0 aliphatic heterocycles. The summed E-state index contributed by atoms with van der Waals surface area (Å²) in [6.45, 7) is 3.93. The zero-order chi connectivity index (χ0) is 33.4. The average molecular weight is 665 g/mol. The van der Waals surface area contributed by atoms with E-state index < -0.39 is 16.4 Å². The average Bonchev–Trinajstić information content (AvgIpc) is 3.14. The Balaban J connectivity index is 1.48. The zero-order valence-corrected chi connectivity index (χ0v) is 29.8. The highest BCUT2D eigenvalue weighted by atomic mass is 28.4. The maximum atomic E-state index is 10.3. The molecule has 0 radical (unpaired) electrons. The molecular weight excluding hydrogens is 621 g/mol. The van der Waals surface area contributed by atoms with Crippen LogP contribution >= 0.6 is 0 Å². The van der Waals surface area contributed by atoms with Crippen molar-refractivity contribution in [3.63, 3.8) is 0 Å². The highest BCUT2D eigenvalue weighted by Crippen LogP contribution is 2.26. The number of aromatic hydroxyl groups is 2. The van der Waals surface area contributed by atoms with Crippen LogP contribution in [0.4, 0.5) is 0 Å². The van der Waals surface area contributed by atoms with Gasteiger partial charge in [-0.15, -0.1) is 0 Å². The van der Waals surface area contributed by atoms with Crippen LogP contribution in [0.25, 0.3) is 0 Å². The van der Waals surface area contributed by atoms with Crippen molar-refractivity contribution in [3.8, 4) is 11.5 Å². The van der Waals surface area contributed by atoms with Crippen LogP contribution < -0.4 is 20.7 Å². The minimum Gasteiger partial charge on any atom is -0.508 e. The maximum absolute atomic E-state index is 10.3. The van der Waals surface area contributed by atoms with Crippen molar-refractivity contribution in [3.05, 3.63) is 180 Å². The fourth-order valence-electron chi connectivity index (χ4n) is 6.99. The van der Waals surface area contributed by atoms with Crippen molar-refractivity contribution < 1.29 is 14.6 Å². The largest absolute Gasteiger partial charge is 0.508 e. The first-order valence-electron chi connectivity index (χ1n) is 16.8. The van der Waals surface area contributed by atoms with E-state index in [2.05, 4.69) is 140 Å². The number of rotatable bonds is 13. The molecule has 5 heteroatoms. The predicted octanol–water partition coefficient (Wildman–Crippen LogP) is 7.08. The van der Waals surface area contributed by atoms with Crippen molar-refractivity contribution in [1.29, 1.82) is 0 Å². The van der Waals surface area contributed by atoms with Crippen LogP contribution in [-0.2, 0) is 17.3 Å². The third kappa shape index (κ3) is 7.24. The molecule has 6 aromatic rings. The van der Waals surface area contributed by atoms with Gasteiger partial charge in [0, 0.05) is 6.23 Å². The molecule has 0 saturated heterocycles. The summed E-state index contributed by atoms with van der Waals surface area (Å²) in [5, 5.41) is 25.8. The van der Waals surface area contributed by atoms with Gasteiger partial charge in [0.05, 0.1) is 0 Å². The van der Waals surface area contributed by atoms with E-state index in [0.717, 1.165) is 36.1 Å². The molecule has 0 spiro atoms. The van der Waals surface area contributed by atoms with Gasteiger partial charge in [0.25, 0.3) is 8.32 Å². The van der Waals surface area contributed by atoms with Gasteiger partial charge in [-0.05, 0) is 83.5 Å². The van der Waals surface area contributed by atoms with Crippen LogP contribution in [-0.4, -0.2) is 32.8 Å². The molecule has 0 aliphatic carbocycles. The summed E-state index contributed by atoms with van der Waals surface area (Å²) in [6, 6.07) is 57.7. The topological polar surface area (TPSA) is 49.7 Å². The van der Waals surface area contributed by atoms with Gasteiger partial charge in [-0.3, -0.25) is 0 Å². The summed E-state index contributed by atoms with van der Waals surface area (Å²) in [5.41, 5.74) is 4.23. The van der Waals surface area contributed by atoms with Crippen molar-refractivity contribution in [1.82, 2.24) is 0 Å². The Morgan fingerprint density at radius 2 is 0.833 bits per heavy atom. The van der Waals surface area contributed by atoms with Crippen molar-refractivity contribution in [2.45, 2.75) is 38.8 Å². The van der Waals surface area contributed by atoms with Gasteiger partial charge < -0.3 is 14.6 Å². The van der Waals surface area contributed by atoms with Gasteiger partial charge in [-0.25, -0.2) is 0 Å². The Labute approximate surface area is 287 Å². The third-order valence-corrected chi connectivity index (χ3v) is 18.9. The molecular formula is C43H44O3Si2. The van der Waals surface area contributed by atoms with E-state index in [0.29, 0.717) is 17.7 Å². The summed E-state index contributed by atoms with van der Waals surface area (Å²) in [6.07, 6.45) is 2.37. The fourth-order valence-corrected chi connectivity index (χ4v) is 16.2. The summed E-state index contributed by atoms with van der Waals surface area (Å²) < 4.78 is 7.79. The molecule has 0 aliphatic rings. The monoisotopic (exact) mass is 664 g/mol. The molecule has 0 saturated carbocycles. The zero-order valence-electron chi connectivity index (χ0n) is 27.8. The van der Waals surface area contributed by atoms with Crippen LogP contribution in [0.5, 0.6) is 11.5 Å². The van der Waals surface area contributed by atoms with Crippen molar-refractivity contribution in [2.75, 3.05) is 6.23 Å². The fraction of sp³-hybridized carbons (Fsp3) is 0.163. The maximum Gasteiger partial charge on any atom is 0.255 e. The molecule has 0 bridgehead atoms. The van der Waals surface area contributed by atoms with E-state index >= 15 is 0 Å². The number of hydrogen-bond acceptors (Lipinski definition) is 3. The third-order valence-electron chi connectivity index (χ3n) is 9.83. The SMILES string of the molecule is Cc1cc(CC[Si](CO[Si](CCc2ccc(O)c(C)c2)(c2ccccc2)c2ccccc2)(c2ccccc2)c2ccccc2)ccc1O. The van der Waals surface area contributed by atoms with Gasteiger partial charge >= 0.3 is 0 Å². The molecule has 6 rings (SSSR count). The summed E-state index contributed by atoms with van der Waals surface area (Å²) in [4.78, 5) is 0. The van der Waals surface area contributed by atoms with Crippen LogP contribution in [0.15, 0.2) is 158 Å². The lowest BCUT2D eigenvalue weighted by Crippen LogP contribution is -2.68. The lowest BCUT2D eigenvalue weighted by molar-refractivity contribution is 0.378. The summed E-state index contributed by atoms with van der Waals surface area (Å²) in [7, 11) is -5.37. The first kappa shape index (κ1) is 33.2. The van der Waals surface area contributed by atoms with Gasteiger partial charge in [-0.2, -0.15) is 0 Å². The second-order valence-electron chi connectivity index (χ2n) is 12.9. The van der Waals surface area contributed by atoms with Crippen LogP contribution in [0, 0.1) is 13.8 Å². The Bertz CT molecular complexity index is 1690. The van der Waals surface area contributed by atoms with Gasteiger partial charge in [0.1, 0.15) is 19.6 Å². The normalized spacial score (nSPS) is 11.8. The summed E-state index contributed by atoms with van der Waals surface area (Å²) >= 11 is 0. The molecule has 0 aromatic heterocycles. The number of aryl methyl sites for hydroxylation is 4. The summed E-state index contributed by atoms with van der Waals surface area (Å²) in [5.74, 6) is 0.664. The van der Waals surface area contributed by atoms with Gasteiger partial charge in [0.15, 0.2) is 0 Å². The highest BCUT2D eigenvalue weighted by Gasteiger charge is 2.44. The predicted molar refractivity (Wildman–Crippen MR) is 204 cm³/mol. The first-order chi connectivity index (χ1) is 23.4. The minimum atomic E-state index is -2.82. The lowest BCUT2D eigenvalue weighted by Gasteiger charge is -2.39.